The number of carbonyl (C=O) groups is 2. The monoisotopic (exact) mass is 992 g/mol. The molecule has 4 heterocycles. The highest BCUT2D eigenvalue weighted by Gasteiger charge is 2.46. The number of methoxy groups -OCH3 is 3. The van der Waals surface area contributed by atoms with Gasteiger partial charge in [0.1, 0.15) is 38.6 Å². The molecule has 0 aliphatic carbocycles. The minimum atomic E-state index is -5.01. The molecule has 0 saturated carbocycles. The fourth-order valence-corrected chi connectivity index (χ4v) is 12.0. The number of carbonyl (C=O) groups excluding carboxylic acids is 2. The molecule has 3 aromatic heterocycles. The largest absolute Gasteiger partial charge is 0.497 e. The molecule has 4 aromatic carbocycles. The van der Waals surface area contributed by atoms with E-state index in [4.69, 9.17) is 23.7 Å². The number of rotatable bonds is 17. The Morgan fingerprint density at radius 2 is 1.33 bits per heavy atom. The molecule has 0 N–H and O–H groups in total. The molecule has 70 heavy (non-hydrogen) atoms. The summed E-state index contributed by atoms with van der Waals surface area (Å²) in [6.07, 6.45) is 2.44. The van der Waals surface area contributed by atoms with Crippen LogP contribution in [0.4, 0.5) is 4.79 Å². The van der Waals surface area contributed by atoms with Crippen LogP contribution in [-0.2, 0) is 49.0 Å². The molecule has 366 valence electrons. The number of sulfone groups is 1. The zero-order valence-corrected chi connectivity index (χ0v) is 41.2. The number of ether oxygens (including phenoxy) is 5. The Kier molecular flexibility index (Phi) is 14.0. The Hall–Kier alpha value is -7.36. The molecule has 1 fully saturated rings. The van der Waals surface area contributed by atoms with Gasteiger partial charge in [-0.15, -0.1) is 5.10 Å². The predicted octanol–water partition coefficient (Wildman–Crippen LogP) is 6.69. The number of amides is 1. The number of nitrogens with zero attached hydrogens (tertiary/aromatic N) is 8. The number of aromatic nitrogens is 6. The second kappa shape index (κ2) is 19.9. The van der Waals surface area contributed by atoms with Gasteiger partial charge in [0.15, 0.2) is 21.4 Å². The fraction of sp³-hybridized carbons (Fsp3) is 0.306. The van der Waals surface area contributed by atoms with Crippen LogP contribution in [-0.4, -0.2) is 120 Å². The number of pyridine rings is 1. The Bertz CT molecular complexity index is 3210. The number of imidazole rings is 1. The summed E-state index contributed by atoms with van der Waals surface area (Å²) in [5.41, 5.74) is 1.50. The van der Waals surface area contributed by atoms with Crippen LogP contribution in [0.15, 0.2) is 119 Å². The van der Waals surface area contributed by atoms with Gasteiger partial charge in [-0.25, -0.2) is 36.1 Å². The maximum atomic E-state index is 16.3. The first-order valence-corrected chi connectivity index (χ1v) is 25.1. The van der Waals surface area contributed by atoms with Gasteiger partial charge in [-0.3, -0.25) is 0 Å². The molecule has 1 amide bonds. The minimum absolute atomic E-state index is 0.0116. The van der Waals surface area contributed by atoms with Gasteiger partial charge in [0.25, 0.3) is 0 Å². The Morgan fingerprint density at radius 1 is 0.757 bits per heavy atom. The maximum absolute atomic E-state index is 16.3. The molecule has 1 aliphatic rings. The van der Waals surface area contributed by atoms with Gasteiger partial charge in [0.2, 0.25) is 10.0 Å². The second-order valence-corrected chi connectivity index (χ2v) is 21.4. The second-order valence-electron chi connectivity index (χ2n) is 17.3. The maximum Gasteiger partial charge on any atom is 0.410 e. The summed E-state index contributed by atoms with van der Waals surface area (Å²) in [6.45, 7) is 5.88. The van der Waals surface area contributed by atoms with E-state index in [0.717, 1.165) is 0 Å². The summed E-state index contributed by atoms with van der Waals surface area (Å²) in [5.74, 6) is 0.901. The van der Waals surface area contributed by atoms with Crippen molar-refractivity contribution in [2.75, 3.05) is 41.0 Å². The average Bonchev–Trinajstić information content (AvgIpc) is 3.98. The molecule has 0 unspecified atom stereocenters. The molecule has 0 radical (unpaired) electrons. The van der Waals surface area contributed by atoms with Gasteiger partial charge < -0.3 is 33.0 Å². The number of hydrogen-bond donors (Lipinski definition) is 0. The third-order valence-electron chi connectivity index (χ3n) is 11.5. The molecule has 21 heteroatoms. The van der Waals surface area contributed by atoms with Gasteiger partial charge in [-0.2, -0.15) is 4.31 Å². The highest BCUT2D eigenvalue weighted by molar-refractivity contribution is 7.94. The van der Waals surface area contributed by atoms with Crippen molar-refractivity contribution < 1.29 is 50.1 Å². The standard InChI is InChI=1S/C49H52N8O11S2/c1-8-67-47(58)41-31-54-25-9-10-40(45(54)50-41)39-23-24-42(69(60,61)38-29-55(30-38)48(59)68-49(2,3)4)44(43(39)46-51-52-53-57(46)28-34-15-21-37(66-7)22-16-34)70(62,63)56(26-32-11-17-35(64-5)18-12-32)27-33-13-19-36(65-6)20-14-33/h9-25,31,38H,8,26-30H2,1-7H3. The predicted molar refractivity (Wildman–Crippen MR) is 257 cm³/mol. The minimum Gasteiger partial charge on any atom is -0.497 e. The normalized spacial score (nSPS) is 13.3. The van der Waals surface area contributed by atoms with E-state index in [0.29, 0.717) is 39.5 Å². The summed E-state index contributed by atoms with van der Waals surface area (Å²) in [6, 6.07) is 26.9. The van der Waals surface area contributed by atoms with E-state index in [-0.39, 0.29) is 67.6 Å². The van der Waals surface area contributed by atoms with E-state index in [1.807, 2.05) is 0 Å². The zero-order valence-electron chi connectivity index (χ0n) is 39.6. The van der Waals surface area contributed by atoms with Crippen LogP contribution in [0.25, 0.3) is 28.2 Å². The molecule has 7 aromatic rings. The van der Waals surface area contributed by atoms with Crippen LogP contribution in [0.1, 0.15) is 54.9 Å². The highest BCUT2D eigenvalue weighted by atomic mass is 32.2. The van der Waals surface area contributed by atoms with E-state index in [1.54, 1.807) is 130 Å². The van der Waals surface area contributed by atoms with Crippen molar-refractivity contribution in [1.82, 2.24) is 38.8 Å². The van der Waals surface area contributed by atoms with Crippen LogP contribution >= 0.6 is 0 Å². The molecular formula is C49H52N8O11S2. The molecule has 1 aliphatic heterocycles. The van der Waals surface area contributed by atoms with Gasteiger partial charge in [0.05, 0.1) is 44.9 Å². The molecule has 8 rings (SSSR count). The number of esters is 1. The summed E-state index contributed by atoms with van der Waals surface area (Å²) < 4.78 is 94.5. The molecule has 0 bridgehead atoms. The Balaban J connectivity index is 1.41. The summed E-state index contributed by atoms with van der Waals surface area (Å²) >= 11 is 0. The third kappa shape index (κ3) is 10.2. The third-order valence-corrected chi connectivity index (χ3v) is 15.6. The highest BCUT2D eigenvalue weighted by Crippen LogP contribution is 2.44. The molecular weight excluding hydrogens is 941 g/mol. The topological polar surface area (TPSA) is 216 Å². The van der Waals surface area contributed by atoms with E-state index in [2.05, 4.69) is 20.5 Å². The zero-order chi connectivity index (χ0) is 50.0. The molecule has 19 nitrogen and oxygen atoms in total. The quantitative estimate of drug-likeness (QED) is 0.0869. The van der Waals surface area contributed by atoms with Crippen molar-refractivity contribution in [2.24, 2.45) is 0 Å². The van der Waals surface area contributed by atoms with Gasteiger partial charge >= 0.3 is 12.1 Å². The Labute approximate surface area is 405 Å². The lowest BCUT2D eigenvalue weighted by atomic mass is 9.99. The van der Waals surface area contributed by atoms with Crippen molar-refractivity contribution in [3.8, 4) is 39.8 Å². The Morgan fingerprint density at radius 3 is 1.87 bits per heavy atom. The first-order valence-electron chi connectivity index (χ1n) is 22.1. The first kappa shape index (κ1) is 49.1. The number of hydrogen-bond acceptors (Lipinski definition) is 15. The molecule has 0 atom stereocenters. The number of sulfonamides is 1. The SMILES string of the molecule is CCOC(=O)c1cn2cccc(-c3ccc(S(=O)(=O)C4CN(C(=O)OC(C)(C)C)C4)c(S(=O)(=O)N(Cc4ccc(OC)cc4)Cc4ccc(OC)cc4)c3-c3nnnn3Cc3ccc(OC)cc3)c2n1. The van der Waals surface area contributed by atoms with E-state index in [9.17, 15) is 9.59 Å². The van der Waals surface area contributed by atoms with Crippen molar-refractivity contribution >= 4 is 37.6 Å². The number of likely N-dealkylation sites (tertiary alicyclic amines) is 1. The lowest BCUT2D eigenvalue weighted by Gasteiger charge is -2.39. The smallest absolute Gasteiger partial charge is 0.410 e. The van der Waals surface area contributed by atoms with Crippen LogP contribution in [0.5, 0.6) is 17.2 Å². The lowest BCUT2D eigenvalue weighted by Crippen LogP contribution is -2.57. The van der Waals surface area contributed by atoms with E-state index in [1.165, 1.54) is 46.4 Å². The summed E-state index contributed by atoms with van der Waals surface area (Å²) in [5, 5.41) is 11.6. The van der Waals surface area contributed by atoms with Gasteiger partial charge in [-0.1, -0.05) is 42.5 Å². The van der Waals surface area contributed by atoms with Crippen molar-refractivity contribution in [3.05, 3.63) is 132 Å². The summed E-state index contributed by atoms with van der Waals surface area (Å²) in [4.78, 5) is 30.9. The average molecular weight is 993 g/mol. The van der Waals surface area contributed by atoms with Crippen LogP contribution in [0.3, 0.4) is 0 Å². The first-order chi connectivity index (χ1) is 33.4. The van der Waals surface area contributed by atoms with Crippen molar-refractivity contribution in [1.29, 1.82) is 0 Å². The van der Waals surface area contributed by atoms with Gasteiger partial charge in [0, 0.05) is 44.1 Å². The number of tetrazole rings is 1. The lowest BCUT2D eigenvalue weighted by molar-refractivity contribution is 0.0138. The fourth-order valence-electron chi connectivity index (χ4n) is 7.92. The molecule has 1 saturated heterocycles. The van der Waals surface area contributed by atoms with E-state index < -0.39 is 52.6 Å². The van der Waals surface area contributed by atoms with Crippen molar-refractivity contribution in [2.45, 2.75) is 68.0 Å². The van der Waals surface area contributed by atoms with Crippen molar-refractivity contribution in [3.63, 3.8) is 0 Å². The van der Waals surface area contributed by atoms with Crippen LogP contribution < -0.4 is 14.2 Å². The van der Waals surface area contributed by atoms with Gasteiger partial charge in [-0.05, 0) is 115 Å². The number of benzene rings is 4. The van der Waals surface area contributed by atoms with E-state index >= 15 is 16.8 Å². The molecule has 0 spiro atoms. The van der Waals surface area contributed by atoms with Crippen LogP contribution in [0.2, 0.25) is 0 Å². The summed E-state index contributed by atoms with van der Waals surface area (Å²) in [7, 11) is -5.06. The number of fused-ring (bicyclic) bond motifs is 1. The van der Waals surface area contributed by atoms with Crippen LogP contribution in [0, 0.1) is 0 Å².